The van der Waals surface area contributed by atoms with E-state index in [0.29, 0.717) is 74.3 Å². The molecule has 1 heterocycles. The Kier molecular flexibility index (Phi) is 13.6. The lowest BCUT2D eigenvalue weighted by Crippen LogP contribution is -2.65. The predicted molar refractivity (Wildman–Crippen MR) is 267 cm³/mol. The summed E-state index contributed by atoms with van der Waals surface area (Å²) in [6, 6.07) is 0. The third-order valence-electron chi connectivity index (χ3n) is 26.6. The number of rotatable bonds is 0. The quantitative estimate of drug-likeness (QED) is 0.141. The number of ether oxygens (including phenoxy) is 2. The second kappa shape index (κ2) is 18.4. The molecule has 0 bridgehead atoms. The molecule has 1 saturated heterocycles. The Hall–Kier alpha value is -0.810. The maximum Gasteiger partial charge on any atom is 0.174 e. The molecule has 28 atom stereocenters. The summed E-state index contributed by atoms with van der Waals surface area (Å²) in [7, 11) is 0. The third kappa shape index (κ3) is 7.49. The van der Waals surface area contributed by atoms with E-state index in [4.69, 9.17) is 9.47 Å². The van der Waals surface area contributed by atoms with Crippen molar-refractivity contribution in [3.63, 3.8) is 0 Å². The molecule has 0 amide bonds. The van der Waals surface area contributed by atoms with Crippen molar-refractivity contribution >= 4 is 5.78 Å². The number of hydrogen-bond acceptors (Lipinski definition) is 13. The molecule has 12 aliphatic carbocycles. The topological polar surface area (TPSA) is 238 Å². The SMILES string of the molecule is C[C@]12CC[C@@H](O)CC1[C@@H](O)[C@H](O)C1C2CC[C@@]2(C)C1CCC21OCCO1.C[C@]12CC[C@@H](O)CC1[C@@H](O)[C@H](O)C1C2CC[C@@]2(C)C1CC[C@@H]2O.C[C@]12CC[C@@H](O)CC1[C@@H](O)[C@H](O)C1C2CC[C@]2(C)C(=O)CCC12. The normalized spacial score (nSPS) is 59.9. The van der Waals surface area contributed by atoms with Gasteiger partial charge in [0.25, 0.3) is 0 Å². The summed E-state index contributed by atoms with van der Waals surface area (Å²) in [6.07, 6.45) is 12.6. The average molecular weight is 1010 g/mol. The molecule has 1 spiro atoms. The highest BCUT2D eigenvalue weighted by Crippen LogP contribution is 2.71. The van der Waals surface area contributed by atoms with Crippen molar-refractivity contribution in [3.05, 3.63) is 0 Å². The van der Waals surface area contributed by atoms with E-state index in [9.17, 15) is 55.9 Å². The lowest BCUT2D eigenvalue weighted by Gasteiger charge is -2.63. The van der Waals surface area contributed by atoms with E-state index >= 15 is 0 Å². The summed E-state index contributed by atoms with van der Waals surface area (Å²) in [5, 5.41) is 107. The van der Waals surface area contributed by atoms with Gasteiger partial charge in [0.15, 0.2) is 5.79 Å². The highest BCUT2D eigenvalue weighted by molar-refractivity contribution is 5.87. The number of Topliss-reactive ketones (excluding diaryl/α,β-unsaturated/α-hetero) is 1. The van der Waals surface area contributed by atoms with Gasteiger partial charge in [0.1, 0.15) is 5.78 Å². The standard InChI is InChI=1S/C21H34O5.C19H32O4.C19H30O4/c1-19-6-3-12(22)11-15(19)17(23)18(24)16-13(19)4-7-20(2)14(16)5-8-21(20)25-9-10-26-21;2*1-18-7-5-10(20)9-13(18)16(22)17(23)15-11-3-4-14(21)19(11,2)8-6-12(15)18/h12-18,22-24H,3-11H2,1-2H3;10-17,20-23H,3-9H2,1-2H3;10-13,15-17,20,22-23H,3-9H2,1-2H3/t12-,13?,14?,15?,16?,17-,18-,19-,20+;10-,11?,12?,13?,14+,15?,16-,17-,18-,19+;10-,11?,12?,13?,15?,16-,17-,18-,19+/m111/s1. The highest BCUT2D eigenvalue weighted by Gasteiger charge is 2.71. The fourth-order valence-corrected chi connectivity index (χ4v) is 22.4. The maximum atomic E-state index is 12.4. The first kappa shape index (κ1) is 53.2. The molecule has 0 radical (unpaired) electrons. The third-order valence-corrected chi connectivity index (χ3v) is 26.6. The molecule has 12 saturated carbocycles. The number of hydrogen-bond donors (Lipinski definition) is 10. The fourth-order valence-electron chi connectivity index (χ4n) is 22.4. The molecule has 0 aromatic rings. The monoisotopic (exact) mass is 1010 g/mol. The Labute approximate surface area is 429 Å². The second-order valence-corrected chi connectivity index (χ2v) is 28.9. The molecule has 13 nitrogen and oxygen atoms in total. The zero-order chi connectivity index (χ0) is 51.5. The van der Waals surface area contributed by atoms with Crippen LogP contribution in [0.1, 0.15) is 176 Å². The predicted octanol–water partition coefficient (Wildman–Crippen LogP) is 5.67. The van der Waals surface area contributed by atoms with Crippen LogP contribution in [0.2, 0.25) is 0 Å². The van der Waals surface area contributed by atoms with Crippen LogP contribution in [0.15, 0.2) is 0 Å². The lowest BCUT2D eigenvalue weighted by atomic mass is 9.43. The van der Waals surface area contributed by atoms with Crippen LogP contribution in [0, 0.1) is 104 Å². The molecule has 0 aromatic heterocycles. The van der Waals surface area contributed by atoms with Crippen LogP contribution in [0.4, 0.5) is 0 Å². The Bertz CT molecular complexity index is 2020. The molecule has 13 rings (SSSR count). The van der Waals surface area contributed by atoms with E-state index < -0.39 is 42.4 Å². The van der Waals surface area contributed by atoms with Crippen LogP contribution < -0.4 is 0 Å². The van der Waals surface area contributed by atoms with Crippen LogP contribution in [0.5, 0.6) is 0 Å². The van der Waals surface area contributed by atoms with Crippen molar-refractivity contribution in [3.8, 4) is 0 Å². The van der Waals surface area contributed by atoms with E-state index in [1.54, 1.807) is 0 Å². The Balaban J connectivity index is 0.000000117. The van der Waals surface area contributed by atoms with Gasteiger partial charge in [-0.25, -0.2) is 0 Å². The van der Waals surface area contributed by atoms with Crippen molar-refractivity contribution in [1.29, 1.82) is 0 Å². The van der Waals surface area contributed by atoms with E-state index in [1.807, 2.05) is 0 Å². The van der Waals surface area contributed by atoms with Crippen molar-refractivity contribution in [2.75, 3.05) is 13.2 Å². The molecule has 1 aliphatic heterocycles. The van der Waals surface area contributed by atoms with Crippen LogP contribution in [0.3, 0.4) is 0 Å². The minimum absolute atomic E-state index is 0.00111. The molecular formula is C59H96O13. The van der Waals surface area contributed by atoms with E-state index in [1.165, 1.54) is 0 Å². The van der Waals surface area contributed by atoms with Crippen molar-refractivity contribution < 1.29 is 65.3 Å². The van der Waals surface area contributed by atoms with Gasteiger partial charge in [-0.3, -0.25) is 4.79 Å². The molecule has 10 N–H and O–H groups in total. The number of carbonyl (C=O) groups excluding carboxylic acids is 1. The van der Waals surface area contributed by atoms with Gasteiger partial charge in [0, 0.05) is 23.7 Å². The summed E-state index contributed by atoms with van der Waals surface area (Å²) in [6.45, 7) is 14.8. The van der Waals surface area contributed by atoms with Gasteiger partial charge in [-0.05, 0) is 215 Å². The van der Waals surface area contributed by atoms with Gasteiger partial charge in [0.2, 0.25) is 0 Å². The van der Waals surface area contributed by atoms with E-state index in [-0.39, 0.29) is 98.3 Å². The van der Waals surface area contributed by atoms with Crippen molar-refractivity contribution in [2.45, 2.75) is 243 Å². The first-order valence-corrected chi connectivity index (χ1v) is 29.5. The van der Waals surface area contributed by atoms with Gasteiger partial charge in [-0.1, -0.05) is 41.5 Å². The molecule has 13 heteroatoms. The van der Waals surface area contributed by atoms with Crippen LogP contribution in [0.25, 0.3) is 0 Å². The van der Waals surface area contributed by atoms with Gasteiger partial charge < -0.3 is 60.5 Å². The summed E-state index contributed by atoms with van der Waals surface area (Å²) in [5.74, 6) is 2.11. The first-order valence-electron chi connectivity index (χ1n) is 29.5. The zero-order valence-electron chi connectivity index (χ0n) is 44.7. The first-order chi connectivity index (χ1) is 33.9. The molecule has 13 aliphatic rings. The molecule has 72 heavy (non-hydrogen) atoms. The highest BCUT2D eigenvalue weighted by atomic mass is 16.7. The zero-order valence-corrected chi connectivity index (χ0v) is 44.7. The molecule has 13 fully saturated rings. The number of aliphatic hydroxyl groups is 10. The molecule has 410 valence electrons. The average Bonchev–Trinajstić information content (AvgIpc) is 4.12. The van der Waals surface area contributed by atoms with Gasteiger partial charge in [-0.2, -0.15) is 0 Å². The summed E-state index contributed by atoms with van der Waals surface area (Å²) in [5.41, 5.74) is -0.467. The molecule has 12 unspecified atom stereocenters. The van der Waals surface area contributed by atoms with Crippen molar-refractivity contribution in [2.24, 2.45) is 104 Å². The summed E-state index contributed by atoms with van der Waals surface area (Å²) in [4.78, 5) is 12.4. The smallest absolute Gasteiger partial charge is 0.174 e. The Morgan fingerprint density at radius 2 is 0.764 bits per heavy atom. The Morgan fingerprint density at radius 1 is 0.375 bits per heavy atom. The summed E-state index contributed by atoms with van der Waals surface area (Å²) < 4.78 is 12.3. The van der Waals surface area contributed by atoms with Crippen LogP contribution in [-0.4, -0.2) is 137 Å². The Morgan fingerprint density at radius 3 is 1.25 bits per heavy atom. The van der Waals surface area contributed by atoms with Crippen LogP contribution in [-0.2, 0) is 14.3 Å². The van der Waals surface area contributed by atoms with Crippen molar-refractivity contribution in [1.82, 2.24) is 0 Å². The second-order valence-electron chi connectivity index (χ2n) is 28.9. The molecule has 0 aromatic carbocycles. The van der Waals surface area contributed by atoms with E-state index in [0.717, 1.165) is 109 Å². The number of aliphatic hydroxyl groups excluding tert-OH is 10. The number of ketones is 1. The summed E-state index contributed by atoms with van der Waals surface area (Å²) >= 11 is 0. The van der Waals surface area contributed by atoms with Gasteiger partial charge >= 0.3 is 0 Å². The minimum Gasteiger partial charge on any atom is -0.393 e. The molecular weight excluding hydrogens is 917 g/mol. The lowest BCUT2D eigenvalue weighted by molar-refractivity contribution is -0.269. The minimum atomic E-state index is -0.769. The number of fused-ring (bicyclic) bond motifs is 16. The van der Waals surface area contributed by atoms with E-state index in [2.05, 4.69) is 41.5 Å². The number of carbonyl (C=O) groups is 1. The van der Waals surface area contributed by atoms with Gasteiger partial charge in [-0.15, -0.1) is 0 Å². The maximum absolute atomic E-state index is 12.4. The largest absolute Gasteiger partial charge is 0.393 e. The van der Waals surface area contributed by atoms with Gasteiger partial charge in [0.05, 0.1) is 74.3 Å². The van der Waals surface area contributed by atoms with Crippen LogP contribution >= 0.6 is 0 Å². The fraction of sp³-hybridized carbons (Fsp3) is 0.983.